The number of aromatic nitrogens is 1. The Morgan fingerprint density at radius 1 is 1.06 bits per heavy atom. The average Bonchev–Trinajstić information content (AvgIpc) is 3.22. The van der Waals surface area contributed by atoms with Gasteiger partial charge in [0.15, 0.2) is 0 Å². The maximum atomic E-state index is 12.7. The highest BCUT2D eigenvalue weighted by Gasteiger charge is 2.26. The number of carbonyl (C=O) groups excluding carboxylic acids is 1. The van der Waals surface area contributed by atoms with Crippen molar-refractivity contribution in [3.8, 4) is 11.5 Å². The number of hydrogen-bond acceptors (Lipinski definition) is 5. The van der Waals surface area contributed by atoms with Crippen LogP contribution in [0.2, 0.25) is 0 Å². The van der Waals surface area contributed by atoms with Crippen LogP contribution < -0.4 is 5.32 Å². The Bertz CT molecular complexity index is 953. The highest BCUT2D eigenvalue weighted by Crippen LogP contribution is 2.27. The predicted octanol–water partition coefficient (Wildman–Crippen LogP) is 5.04. The van der Waals surface area contributed by atoms with Crippen molar-refractivity contribution in [3.63, 3.8) is 0 Å². The van der Waals surface area contributed by atoms with Gasteiger partial charge in [0, 0.05) is 24.6 Å². The number of amides is 1. The lowest BCUT2D eigenvalue weighted by molar-refractivity contribution is -0.126. The number of piperidine rings is 2. The minimum Gasteiger partial charge on any atom is -0.441 e. The largest absolute Gasteiger partial charge is 0.441 e. The number of likely N-dealkylation sites (tertiary alicyclic amines) is 2. The topological polar surface area (TPSA) is 61.6 Å². The van der Waals surface area contributed by atoms with E-state index in [0.29, 0.717) is 5.89 Å². The first-order valence-electron chi connectivity index (χ1n) is 13.7. The molecule has 35 heavy (non-hydrogen) atoms. The molecular weight excluding hydrogens is 436 g/mol. The third kappa shape index (κ3) is 6.95. The summed E-state index contributed by atoms with van der Waals surface area (Å²) in [6.45, 7) is 15.7. The third-order valence-electron chi connectivity index (χ3n) is 8.13. The number of carbonyl (C=O) groups is 1. The van der Waals surface area contributed by atoms with Crippen molar-refractivity contribution in [2.24, 2.45) is 17.8 Å². The first-order chi connectivity index (χ1) is 16.9. The molecule has 3 heterocycles. The summed E-state index contributed by atoms with van der Waals surface area (Å²) in [6, 6.07) is 8.20. The van der Waals surface area contributed by atoms with E-state index >= 15 is 0 Å². The monoisotopic (exact) mass is 480 g/mol. The van der Waals surface area contributed by atoms with Crippen LogP contribution in [0.4, 0.5) is 0 Å². The first kappa shape index (κ1) is 25.9. The predicted molar refractivity (Wildman–Crippen MR) is 141 cm³/mol. The molecule has 1 aromatic heterocycles. The van der Waals surface area contributed by atoms with E-state index in [1.165, 1.54) is 31.5 Å². The fourth-order valence-corrected chi connectivity index (χ4v) is 5.57. The Hall–Kier alpha value is -2.18. The number of hydrogen-bond donors (Lipinski definition) is 1. The average molecular weight is 481 g/mol. The molecule has 0 unspecified atom stereocenters. The lowest BCUT2D eigenvalue weighted by Gasteiger charge is -2.34. The summed E-state index contributed by atoms with van der Waals surface area (Å²) in [7, 11) is 0. The molecule has 0 spiro atoms. The minimum atomic E-state index is 0.133. The highest BCUT2D eigenvalue weighted by atomic mass is 16.4. The van der Waals surface area contributed by atoms with E-state index in [-0.39, 0.29) is 11.8 Å². The zero-order chi connectivity index (χ0) is 24.8. The summed E-state index contributed by atoms with van der Waals surface area (Å²) in [5, 5.41) is 3.21. The van der Waals surface area contributed by atoms with E-state index in [1.807, 2.05) is 19.1 Å². The van der Waals surface area contributed by atoms with Crippen molar-refractivity contribution in [2.75, 3.05) is 39.3 Å². The molecule has 2 aliphatic rings. The molecule has 2 aromatic rings. The number of oxazole rings is 1. The second kappa shape index (κ2) is 12.2. The molecule has 192 valence electrons. The minimum absolute atomic E-state index is 0.133. The van der Waals surface area contributed by atoms with Crippen molar-refractivity contribution in [2.45, 2.75) is 66.3 Å². The molecule has 2 saturated heterocycles. The van der Waals surface area contributed by atoms with Crippen LogP contribution in [0.5, 0.6) is 0 Å². The smallest absolute Gasteiger partial charge is 0.226 e. The Morgan fingerprint density at radius 2 is 1.74 bits per heavy atom. The Labute approximate surface area is 211 Å². The van der Waals surface area contributed by atoms with Gasteiger partial charge in [0.25, 0.3) is 0 Å². The molecule has 0 bridgehead atoms. The maximum absolute atomic E-state index is 12.7. The summed E-state index contributed by atoms with van der Waals surface area (Å²) < 4.78 is 5.99. The number of nitrogens with zero attached hydrogens (tertiary/aromatic N) is 3. The van der Waals surface area contributed by atoms with Gasteiger partial charge >= 0.3 is 0 Å². The van der Waals surface area contributed by atoms with Gasteiger partial charge < -0.3 is 14.6 Å². The normalized spacial score (nSPS) is 18.9. The van der Waals surface area contributed by atoms with Crippen LogP contribution >= 0.6 is 0 Å². The van der Waals surface area contributed by atoms with E-state index in [4.69, 9.17) is 9.40 Å². The molecule has 4 rings (SSSR count). The van der Waals surface area contributed by atoms with Crippen molar-refractivity contribution < 1.29 is 9.21 Å². The summed E-state index contributed by atoms with van der Waals surface area (Å²) in [4.78, 5) is 22.5. The summed E-state index contributed by atoms with van der Waals surface area (Å²) in [5.74, 6) is 3.65. The lowest BCUT2D eigenvalue weighted by Crippen LogP contribution is -2.41. The quantitative estimate of drug-likeness (QED) is 0.509. The van der Waals surface area contributed by atoms with Crippen LogP contribution in [0, 0.1) is 31.6 Å². The van der Waals surface area contributed by atoms with Crippen LogP contribution in [0.3, 0.4) is 0 Å². The van der Waals surface area contributed by atoms with Crippen LogP contribution in [0.15, 0.2) is 28.7 Å². The third-order valence-corrected chi connectivity index (χ3v) is 8.13. The molecule has 0 atom stereocenters. The number of benzene rings is 1. The highest BCUT2D eigenvalue weighted by molar-refractivity contribution is 5.78. The van der Waals surface area contributed by atoms with Gasteiger partial charge in [-0.25, -0.2) is 4.98 Å². The van der Waals surface area contributed by atoms with Crippen molar-refractivity contribution in [1.29, 1.82) is 0 Å². The van der Waals surface area contributed by atoms with E-state index < -0.39 is 0 Å². The molecule has 1 N–H and O–H groups in total. The van der Waals surface area contributed by atoms with Crippen LogP contribution in [-0.4, -0.2) is 60.0 Å². The molecule has 0 saturated carbocycles. The molecule has 1 aromatic carbocycles. The Kier molecular flexibility index (Phi) is 9.01. The van der Waals surface area contributed by atoms with Crippen molar-refractivity contribution in [1.82, 2.24) is 20.1 Å². The van der Waals surface area contributed by atoms with Gasteiger partial charge in [-0.2, -0.15) is 0 Å². The van der Waals surface area contributed by atoms with Crippen LogP contribution in [-0.2, 0) is 11.3 Å². The molecule has 6 nitrogen and oxygen atoms in total. The molecule has 2 aliphatic heterocycles. The van der Waals surface area contributed by atoms with Crippen LogP contribution in [0.1, 0.15) is 63.0 Å². The number of rotatable bonds is 9. The van der Waals surface area contributed by atoms with E-state index in [1.54, 1.807) is 0 Å². The van der Waals surface area contributed by atoms with Crippen molar-refractivity contribution >= 4 is 5.91 Å². The summed E-state index contributed by atoms with van der Waals surface area (Å²) in [5.41, 5.74) is 3.23. The molecule has 6 heteroatoms. The molecule has 0 radical (unpaired) electrons. The molecule has 1 amide bonds. The lowest BCUT2D eigenvalue weighted by atomic mass is 9.87. The van der Waals surface area contributed by atoms with E-state index in [2.05, 4.69) is 48.0 Å². The maximum Gasteiger partial charge on any atom is 0.226 e. The standard InChI is InChI=1S/C29H44N4O2/c1-21(2)24-10-16-32(17-11-24)15-7-14-30-28(34)25-12-18-33(19-13-25)20-27-23(4)35-29(31-27)26-9-6-5-8-22(26)3/h5-6,8-9,21,24-25H,7,10-20H2,1-4H3,(H,30,34). The summed E-state index contributed by atoms with van der Waals surface area (Å²) in [6.07, 6.45) is 5.52. The van der Waals surface area contributed by atoms with Crippen LogP contribution in [0.25, 0.3) is 11.5 Å². The van der Waals surface area contributed by atoms with E-state index in [9.17, 15) is 4.79 Å². The van der Waals surface area contributed by atoms with Gasteiger partial charge in [-0.1, -0.05) is 32.0 Å². The van der Waals surface area contributed by atoms with Gasteiger partial charge in [0.05, 0.1) is 5.69 Å². The Balaban J connectivity index is 1.15. The van der Waals surface area contributed by atoms with Gasteiger partial charge in [0.2, 0.25) is 11.8 Å². The SMILES string of the molecule is Cc1ccccc1-c1nc(CN2CCC(C(=O)NCCCN3CCC(C(C)C)CC3)CC2)c(C)o1. The van der Waals surface area contributed by atoms with Gasteiger partial charge in [0.1, 0.15) is 5.76 Å². The van der Waals surface area contributed by atoms with Crippen molar-refractivity contribution in [3.05, 3.63) is 41.3 Å². The molecule has 2 fully saturated rings. The summed E-state index contributed by atoms with van der Waals surface area (Å²) >= 11 is 0. The second-order valence-corrected chi connectivity index (χ2v) is 11.0. The fourth-order valence-electron chi connectivity index (χ4n) is 5.57. The first-order valence-corrected chi connectivity index (χ1v) is 13.7. The van der Waals surface area contributed by atoms with Gasteiger partial charge in [-0.15, -0.1) is 0 Å². The zero-order valence-corrected chi connectivity index (χ0v) is 22.2. The van der Waals surface area contributed by atoms with Gasteiger partial charge in [-0.05, 0) is 102 Å². The fraction of sp³-hybridized carbons (Fsp3) is 0.655. The molecular formula is C29H44N4O2. The zero-order valence-electron chi connectivity index (χ0n) is 22.2. The van der Waals surface area contributed by atoms with Gasteiger partial charge in [-0.3, -0.25) is 9.69 Å². The second-order valence-electron chi connectivity index (χ2n) is 11.0. The number of nitrogens with one attached hydrogen (secondary N) is 1. The Morgan fingerprint density at radius 3 is 2.43 bits per heavy atom. The number of aryl methyl sites for hydroxylation is 2. The molecule has 0 aliphatic carbocycles. The van der Waals surface area contributed by atoms with E-state index in [0.717, 1.165) is 80.8 Å².